The molecule has 0 fully saturated rings. The van der Waals surface area contributed by atoms with Crippen molar-refractivity contribution in [3.63, 3.8) is 0 Å². The average Bonchev–Trinajstić information content (AvgIpc) is 3.25. The van der Waals surface area contributed by atoms with Gasteiger partial charge in [0.1, 0.15) is 5.82 Å². The van der Waals surface area contributed by atoms with Gasteiger partial charge in [0.2, 0.25) is 12.7 Å². The van der Waals surface area contributed by atoms with Gasteiger partial charge in [-0.2, -0.15) is 5.10 Å². The highest BCUT2D eigenvalue weighted by Crippen LogP contribution is 2.43. The van der Waals surface area contributed by atoms with E-state index < -0.39 is 0 Å². The van der Waals surface area contributed by atoms with Crippen LogP contribution in [0.5, 0.6) is 11.5 Å². The van der Waals surface area contributed by atoms with Gasteiger partial charge in [0.15, 0.2) is 11.5 Å². The van der Waals surface area contributed by atoms with E-state index in [0.29, 0.717) is 23.0 Å². The van der Waals surface area contributed by atoms with E-state index in [9.17, 15) is 4.79 Å². The third-order valence-corrected chi connectivity index (χ3v) is 5.30. The fourth-order valence-corrected chi connectivity index (χ4v) is 3.98. The fourth-order valence-electron chi connectivity index (χ4n) is 3.76. The topological polar surface area (TPSA) is 65.4 Å². The van der Waals surface area contributed by atoms with Gasteiger partial charge in [0, 0.05) is 17.9 Å². The third-order valence-electron chi connectivity index (χ3n) is 4.98. The number of nitrogens with zero attached hydrogens (tertiary/aromatic N) is 2. The van der Waals surface area contributed by atoms with Crippen molar-refractivity contribution in [3.05, 3.63) is 64.3 Å². The molecule has 1 N–H and O–H groups in total. The molecule has 0 bridgehead atoms. The van der Waals surface area contributed by atoms with E-state index in [0.717, 1.165) is 28.3 Å². The summed E-state index contributed by atoms with van der Waals surface area (Å²) in [5, 5.41) is 8.21. The number of rotatable bonds is 2. The molecular weight excluding hydrogens is 366 g/mol. The first kappa shape index (κ1) is 16.2. The Balaban J connectivity index is 1.66. The number of anilines is 1. The van der Waals surface area contributed by atoms with Crippen molar-refractivity contribution in [2.75, 3.05) is 12.1 Å². The molecule has 5 rings (SSSR count). The summed E-state index contributed by atoms with van der Waals surface area (Å²) in [6, 6.07) is 13.3. The largest absolute Gasteiger partial charge is 0.454 e. The van der Waals surface area contributed by atoms with Crippen molar-refractivity contribution in [2.45, 2.75) is 19.3 Å². The lowest BCUT2D eigenvalue weighted by atomic mass is 9.85. The summed E-state index contributed by atoms with van der Waals surface area (Å²) in [7, 11) is 0. The number of ether oxygens (including phenoxy) is 2. The molecule has 3 aromatic rings. The van der Waals surface area contributed by atoms with Crippen molar-refractivity contribution in [1.29, 1.82) is 0 Å². The zero-order valence-corrected chi connectivity index (χ0v) is 15.3. The minimum Gasteiger partial charge on any atom is -0.454 e. The van der Waals surface area contributed by atoms with Crippen LogP contribution in [-0.2, 0) is 4.79 Å². The predicted molar refractivity (Wildman–Crippen MR) is 101 cm³/mol. The van der Waals surface area contributed by atoms with Crippen LogP contribution in [-0.4, -0.2) is 22.5 Å². The summed E-state index contributed by atoms with van der Waals surface area (Å²) in [6.45, 7) is 2.17. The molecule has 27 heavy (non-hydrogen) atoms. The summed E-state index contributed by atoms with van der Waals surface area (Å²) in [6.07, 6.45) is 0.349. The highest BCUT2D eigenvalue weighted by Gasteiger charge is 2.33. The minimum absolute atomic E-state index is 0.0571. The number of carbonyl (C=O) groups is 1. The maximum absolute atomic E-state index is 12.5. The number of benzene rings is 2. The van der Waals surface area contributed by atoms with Gasteiger partial charge in [-0.1, -0.05) is 29.8 Å². The Morgan fingerprint density at radius 1 is 1.19 bits per heavy atom. The van der Waals surface area contributed by atoms with Gasteiger partial charge < -0.3 is 14.8 Å². The van der Waals surface area contributed by atoms with Crippen LogP contribution < -0.4 is 14.8 Å². The van der Waals surface area contributed by atoms with Gasteiger partial charge in [-0.3, -0.25) is 4.79 Å². The maximum Gasteiger partial charge on any atom is 0.231 e. The first-order valence-electron chi connectivity index (χ1n) is 8.65. The Morgan fingerprint density at radius 2 is 2.00 bits per heavy atom. The van der Waals surface area contributed by atoms with E-state index in [1.807, 2.05) is 43.3 Å². The van der Waals surface area contributed by atoms with E-state index in [1.54, 1.807) is 10.7 Å². The van der Waals surface area contributed by atoms with Gasteiger partial charge in [-0.25, -0.2) is 4.68 Å². The quantitative estimate of drug-likeness (QED) is 0.727. The van der Waals surface area contributed by atoms with E-state index in [4.69, 9.17) is 21.1 Å². The molecule has 2 aromatic carbocycles. The number of carbonyl (C=O) groups excluding carboxylic acids is 1. The molecule has 0 unspecified atom stereocenters. The summed E-state index contributed by atoms with van der Waals surface area (Å²) in [5.41, 5.74) is 3.58. The van der Waals surface area contributed by atoms with Gasteiger partial charge in [0.25, 0.3) is 0 Å². The monoisotopic (exact) mass is 381 g/mol. The second-order valence-electron chi connectivity index (χ2n) is 6.63. The number of hydrogen-bond acceptors (Lipinski definition) is 4. The molecular formula is C20H16ClN3O3. The van der Waals surface area contributed by atoms with E-state index in [2.05, 4.69) is 10.4 Å². The first-order chi connectivity index (χ1) is 13.1. The van der Waals surface area contributed by atoms with Gasteiger partial charge in [-0.05, 0) is 36.8 Å². The van der Waals surface area contributed by atoms with Crippen LogP contribution in [0.1, 0.15) is 29.2 Å². The van der Waals surface area contributed by atoms with Gasteiger partial charge >= 0.3 is 0 Å². The van der Waals surface area contributed by atoms with Gasteiger partial charge in [0.05, 0.1) is 16.4 Å². The highest BCUT2D eigenvalue weighted by atomic mass is 35.5. The summed E-state index contributed by atoms with van der Waals surface area (Å²) in [4.78, 5) is 12.5. The second-order valence-corrected chi connectivity index (χ2v) is 7.04. The molecule has 2 aliphatic rings. The standard InChI is InChI=1S/C20H16ClN3O3/c1-11-19-13(12-6-7-16-17(8-12)27-10-26-16)9-18(25)22-20(19)24(23-11)15-5-3-2-4-14(15)21/h2-8,13H,9-10H2,1H3,(H,22,25)/t13-/m1/s1. The summed E-state index contributed by atoms with van der Waals surface area (Å²) >= 11 is 6.36. The molecule has 2 aliphatic heterocycles. The minimum atomic E-state index is -0.112. The van der Waals surface area contributed by atoms with Crippen molar-refractivity contribution in [1.82, 2.24) is 9.78 Å². The molecule has 0 saturated carbocycles. The Morgan fingerprint density at radius 3 is 2.85 bits per heavy atom. The fraction of sp³-hybridized carbons (Fsp3) is 0.200. The maximum atomic E-state index is 12.5. The van der Waals surface area contributed by atoms with Crippen LogP contribution in [0.15, 0.2) is 42.5 Å². The Hall–Kier alpha value is -2.99. The SMILES string of the molecule is Cc1nn(-c2ccccc2Cl)c2c1[C@@H](c1ccc3c(c1)OCO3)CC(=O)N2. The summed E-state index contributed by atoms with van der Waals surface area (Å²) < 4.78 is 12.6. The molecule has 0 spiro atoms. The van der Waals surface area contributed by atoms with Gasteiger partial charge in [-0.15, -0.1) is 0 Å². The van der Waals surface area contributed by atoms with Crippen LogP contribution in [0.4, 0.5) is 5.82 Å². The number of para-hydroxylation sites is 1. The lowest BCUT2D eigenvalue weighted by Crippen LogP contribution is -2.25. The molecule has 6 nitrogen and oxygen atoms in total. The molecule has 136 valence electrons. The third kappa shape index (κ3) is 2.56. The van der Waals surface area contributed by atoms with Crippen molar-refractivity contribution in [3.8, 4) is 17.2 Å². The zero-order chi connectivity index (χ0) is 18.5. The molecule has 3 heterocycles. The lowest BCUT2D eigenvalue weighted by molar-refractivity contribution is -0.116. The van der Waals surface area contributed by atoms with Crippen LogP contribution in [0.25, 0.3) is 5.69 Å². The Bertz CT molecular complexity index is 1080. The van der Waals surface area contributed by atoms with Crippen LogP contribution in [0.2, 0.25) is 5.02 Å². The van der Waals surface area contributed by atoms with E-state index in [1.165, 1.54) is 0 Å². The van der Waals surface area contributed by atoms with Crippen molar-refractivity contribution < 1.29 is 14.3 Å². The summed E-state index contributed by atoms with van der Waals surface area (Å²) in [5.74, 6) is 1.93. The van der Waals surface area contributed by atoms with Crippen LogP contribution in [0, 0.1) is 6.92 Å². The number of hydrogen-bond donors (Lipinski definition) is 1. The van der Waals surface area contributed by atoms with E-state index in [-0.39, 0.29) is 18.6 Å². The molecule has 1 atom stereocenters. The lowest BCUT2D eigenvalue weighted by Gasteiger charge is -2.24. The van der Waals surface area contributed by atoms with Crippen molar-refractivity contribution >= 4 is 23.3 Å². The Kier molecular flexibility index (Phi) is 3.62. The normalized spacial score (nSPS) is 17.6. The molecule has 0 saturated heterocycles. The number of halogens is 1. The Labute approximate surface area is 160 Å². The smallest absolute Gasteiger partial charge is 0.231 e. The predicted octanol–water partition coefficient (Wildman–Crippen LogP) is 4.04. The number of fused-ring (bicyclic) bond motifs is 2. The van der Waals surface area contributed by atoms with E-state index >= 15 is 0 Å². The first-order valence-corrected chi connectivity index (χ1v) is 9.03. The van der Waals surface area contributed by atoms with Crippen LogP contribution in [0.3, 0.4) is 0 Å². The molecule has 7 heteroatoms. The molecule has 0 aliphatic carbocycles. The van der Waals surface area contributed by atoms with Crippen LogP contribution >= 0.6 is 11.6 Å². The average molecular weight is 382 g/mol. The number of amides is 1. The zero-order valence-electron chi connectivity index (χ0n) is 14.5. The number of aromatic nitrogens is 2. The molecule has 1 aromatic heterocycles. The number of aryl methyl sites for hydroxylation is 1. The van der Waals surface area contributed by atoms with Crippen molar-refractivity contribution in [2.24, 2.45) is 0 Å². The number of nitrogens with one attached hydrogen (secondary N) is 1. The second kappa shape index (κ2) is 6.03. The molecule has 0 radical (unpaired) electrons. The highest BCUT2D eigenvalue weighted by molar-refractivity contribution is 6.32. The molecule has 1 amide bonds.